The Labute approximate surface area is 191 Å². The Hall–Kier alpha value is -3.81. The maximum absolute atomic E-state index is 12.8. The van der Waals surface area contributed by atoms with Crippen molar-refractivity contribution < 1.29 is 19.1 Å². The molecule has 1 heterocycles. The highest BCUT2D eigenvalue weighted by Gasteiger charge is 2.54. The molecule has 2 aliphatic rings. The van der Waals surface area contributed by atoms with Crippen molar-refractivity contribution in [3.8, 4) is 22.6 Å². The van der Waals surface area contributed by atoms with Crippen molar-refractivity contribution in [3.05, 3.63) is 66.0 Å². The molecule has 2 saturated carbocycles. The molecular weight excluding hydrogens is 420 g/mol. The predicted molar refractivity (Wildman–Crippen MR) is 122 cm³/mol. The number of aromatic nitrogens is 2. The van der Waals surface area contributed by atoms with E-state index < -0.39 is 5.91 Å². The molecule has 170 valence electrons. The number of benzene rings is 2. The molecule has 1 spiro atoms. The SMILES string of the molecule is COc1cc(C(=O)NC2CC3(C2)CC(Oc2ccccc2C(N)=O)C3)ccc1-c1cn[nH]c1. The summed E-state index contributed by atoms with van der Waals surface area (Å²) in [6.07, 6.45) is 7.27. The van der Waals surface area contributed by atoms with Crippen LogP contribution in [0.1, 0.15) is 46.4 Å². The van der Waals surface area contributed by atoms with Crippen molar-refractivity contribution in [1.82, 2.24) is 15.5 Å². The number of carbonyl (C=O) groups is 2. The van der Waals surface area contributed by atoms with Gasteiger partial charge in [-0.15, -0.1) is 0 Å². The van der Waals surface area contributed by atoms with E-state index in [2.05, 4.69) is 15.5 Å². The Kier molecular flexibility index (Phi) is 5.28. The van der Waals surface area contributed by atoms with Crippen molar-refractivity contribution in [2.75, 3.05) is 7.11 Å². The van der Waals surface area contributed by atoms with Gasteiger partial charge >= 0.3 is 0 Å². The van der Waals surface area contributed by atoms with E-state index in [1.165, 1.54) is 0 Å². The van der Waals surface area contributed by atoms with Crippen LogP contribution in [-0.2, 0) is 0 Å². The zero-order valence-electron chi connectivity index (χ0n) is 18.3. The second-order valence-corrected chi connectivity index (χ2v) is 8.99. The van der Waals surface area contributed by atoms with Gasteiger partial charge in [-0.2, -0.15) is 5.10 Å². The molecule has 2 fully saturated rings. The number of para-hydroxylation sites is 1. The van der Waals surface area contributed by atoms with Crippen LogP contribution in [0.2, 0.25) is 0 Å². The second kappa shape index (κ2) is 8.27. The van der Waals surface area contributed by atoms with Crippen LogP contribution < -0.4 is 20.5 Å². The quantitative estimate of drug-likeness (QED) is 0.514. The highest BCUT2D eigenvalue weighted by molar-refractivity contribution is 5.96. The van der Waals surface area contributed by atoms with Crippen molar-refractivity contribution in [3.63, 3.8) is 0 Å². The van der Waals surface area contributed by atoms with Crippen molar-refractivity contribution >= 4 is 11.8 Å². The molecule has 1 aromatic heterocycles. The van der Waals surface area contributed by atoms with Crippen LogP contribution in [0.25, 0.3) is 11.1 Å². The van der Waals surface area contributed by atoms with Crippen LogP contribution >= 0.6 is 0 Å². The highest BCUT2D eigenvalue weighted by atomic mass is 16.5. The lowest BCUT2D eigenvalue weighted by Crippen LogP contribution is -2.58. The second-order valence-electron chi connectivity index (χ2n) is 8.99. The summed E-state index contributed by atoms with van der Waals surface area (Å²) < 4.78 is 11.5. The molecule has 8 nitrogen and oxygen atoms in total. The van der Waals surface area contributed by atoms with Gasteiger partial charge in [-0.1, -0.05) is 12.1 Å². The fourth-order valence-corrected chi connectivity index (χ4v) is 5.10. The first-order valence-electron chi connectivity index (χ1n) is 11.0. The fraction of sp³-hybridized carbons (Fsp3) is 0.320. The minimum atomic E-state index is -0.486. The Morgan fingerprint density at radius 2 is 1.91 bits per heavy atom. The summed E-state index contributed by atoms with van der Waals surface area (Å²) in [5.74, 6) is 0.584. The van der Waals surface area contributed by atoms with E-state index in [1.807, 2.05) is 12.1 Å². The normalized spacial score (nSPS) is 23.3. The van der Waals surface area contributed by atoms with E-state index >= 15 is 0 Å². The third kappa shape index (κ3) is 4.04. The lowest BCUT2D eigenvalue weighted by atomic mass is 9.53. The maximum atomic E-state index is 12.8. The zero-order valence-corrected chi connectivity index (χ0v) is 18.3. The van der Waals surface area contributed by atoms with Crippen LogP contribution in [0.4, 0.5) is 0 Å². The molecule has 2 aromatic carbocycles. The number of hydrogen-bond acceptors (Lipinski definition) is 5. The number of primary amides is 1. The van der Waals surface area contributed by atoms with Crippen LogP contribution in [0.3, 0.4) is 0 Å². The van der Waals surface area contributed by atoms with Gasteiger partial charge in [0.15, 0.2) is 0 Å². The maximum Gasteiger partial charge on any atom is 0.252 e. The summed E-state index contributed by atoms with van der Waals surface area (Å²) in [5.41, 5.74) is 8.41. The molecule has 4 N–H and O–H groups in total. The van der Waals surface area contributed by atoms with Crippen molar-refractivity contribution in [2.45, 2.75) is 37.8 Å². The first-order chi connectivity index (χ1) is 16.0. The minimum absolute atomic E-state index is 0.0712. The van der Waals surface area contributed by atoms with Crippen molar-refractivity contribution in [1.29, 1.82) is 0 Å². The standard InChI is InChI=1S/C25H26N4O4/c1-32-22-8-15(6-7-19(22)16-13-27-28-14-16)24(31)29-17-9-25(10-17)11-18(12-25)33-21-5-3-2-4-20(21)23(26)30/h2-8,13-14,17-18H,9-12H2,1H3,(H2,26,30)(H,27,28)(H,29,31). The van der Waals surface area contributed by atoms with Gasteiger partial charge in [-0.3, -0.25) is 14.7 Å². The number of ether oxygens (including phenoxy) is 2. The van der Waals surface area contributed by atoms with Gasteiger partial charge in [-0.25, -0.2) is 0 Å². The van der Waals surface area contributed by atoms with Gasteiger partial charge in [0.25, 0.3) is 11.8 Å². The summed E-state index contributed by atoms with van der Waals surface area (Å²) in [5, 5.41) is 9.89. The van der Waals surface area contributed by atoms with Gasteiger partial charge in [0.05, 0.1) is 25.0 Å². The molecule has 33 heavy (non-hydrogen) atoms. The number of nitrogens with one attached hydrogen (secondary N) is 2. The summed E-state index contributed by atoms with van der Waals surface area (Å²) in [7, 11) is 1.59. The van der Waals surface area contributed by atoms with Crippen LogP contribution in [0, 0.1) is 5.41 Å². The molecule has 8 heteroatoms. The van der Waals surface area contributed by atoms with Gasteiger partial charge in [0.1, 0.15) is 11.5 Å². The van der Waals surface area contributed by atoms with E-state index in [9.17, 15) is 9.59 Å². The third-order valence-electron chi connectivity index (χ3n) is 6.73. The molecule has 3 aromatic rings. The van der Waals surface area contributed by atoms with E-state index in [1.54, 1.807) is 49.8 Å². The third-order valence-corrected chi connectivity index (χ3v) is 6.73. The smallest absolute Gasteiger partial charge is 0.252 e. The summed E-state index contributed by atoms with van der Waals surface area (Å²) in [4.78, 5) is 24.4. The molecule has 0 radical (unpaired) electrons. The summed E-state index contributed by atoms with van der Waals surface area (Å²) in [6, 6.07) is 12.7. The number of nitrogens with two attached hydrogens (primary N) is 1. The molecule has 0 unspecified atom stereocenters. The summed E-state index contributed by atoms with van der Waals surface area (Å²) >= 11 is 0. The molecule has 2 aliphatic carbocycles. The van der Waals surface area contributed by atoms with Crippen LogP contribution in [0.5, 0.6) is 11.5 Å². The molecule has 0 aliphatic heterocycles. The first-order valence-corrected chi connectivity index (χ1v) is 11.0. The number of hydrogen-bond donors (Lipinski definition) is 3. The average Bonchev–Trinajstić information content (AvgIpc) is 3.30. The predicted octanol–water partition coefficient (Wildman–Crippen LogP) is 3.30. The van der Waals surface area contributed by atoms with Crippen molar-refractivity contribution in [2.24, 2.45) is 11.1 Å². The van der Waals surface area contributed by atoms with Gasteiger partial charge in [-0.05, 0) is 61.4 Å². The minimum Gasteiger partial charge on any atom is -0.496 e. The number of carbonyl (C=O) groups excluding carboxylic acids is 2. The molecule has 0 atom stereocenters. The van der Waals surface area contributed by atoms with E-state index in [0.717, 1.165) is 36.8 Å². The number of aromatic amines is 1. The van der Waals surface area contributed by atoms with Crippen LogP contribution in [-0.4, -0.2) is 41.3 Å². The number of H-pyrrole nitrogens is 1. The van der Waals surface area contributed by atoms with Gasteiger partial charge in [0.2, 0.25) is 0 Å². The van der Waals surface area contributed by atoms with E-state index in [4.69, 9.17) is 15.2 Å². The zero-order chi connectivity index (χ0) is 23.0. The Bertz CT molecular complexity index is 1180. The van der Waals surface area contributed by atoms with E-state index in [0.29, 0.717) is 22.6 Å². The lowest BCUT2D eigenvalue weighted by Gasteiger charge is -2.57. The number of rotatable bonds is 7. The molecule has 0 saturated heterocycles. The van der Waals surface area contributed by atoms with Gasteiger partial charge in [0, 0.05) is 28.9 Å². The van der Waals surface area contributed by atoms with Crippen LogP contribution in [0.15, 0.2) is 54.9 Å². The molecule has 5 rings (SSSR count). The Morgan fingerprint density at radius 3 is 2.61 bits per heavy atom. The summed E-state index contributed by atoms with van der Waals surface area (Å²) in [6.45, 7) is 0. The largest absolute Gasteiger partial charge is 0.496 e. The molecule has 2 amide bonds. The first kappa shape index (κ1) is 21.1. The fourth-order valence-electron chi connectivity index (χ4n) is 5.10. The monoisotopic (exact) mass is 446 g/mol. The molecular formula is C25H26N4O4. The Balaban J connectivity index is 1.14. The average molecular weight is 447 g/mol. The van der Waals surface area contributed by atoms with Gasteiger partial charge < -0.3 is 20.5 Å². The number of amides is 2. The van der Waals surface area contributed by atoms with E-state index in [-0.39, 0.29) is 23.5 Å². The number of methoxy groups -OCH3 is 1. The lowest BCUT2D eigenvalue weighted by molar-refractivity contribution is -0.0834. The highest BCUT2D eigenvalue weighted by Crippen LogP contribution is 2.57. The number of nitrogens with zero attached hydrogens (tertiary/aromatic N) is 1. The Morgan fingerprint density at radius 1 is 1.12 bits per heavy atom. The molecule has 0 bridgehead atoms. The topological polar surface area (TPSA) is 119 Å².